The zero-order valence-corrected chi connectivity index (χ0v) is 23.1. The van der Waals surface area contributed by atoms with E-state index in [0.717, 1.165) is 44.8 Å². The number of benzene rings is 4. The van der Waals surface area contributed by atoms with Crippen LogP contribution in [0.5, 0.6) is 5.75 Å². The van der Waals surface area contributed by atoms with Crippen molar-refractivity contribution in [2.75, 3.05) is 6.61 Å². The van der Waals surface area contributed by atoms with Crippen LogP contribution < -0.4 is 4.74 Å². The number of hydrogen-bond acceptors (Lipinski definition) is 5. The van der Waals surface area contributed by atoms with Crippen LogP contribution in [0.25, 0.3) is 22.6 Å². The van der Waals surface area contributed by atoms with Crippen LogP contribution >= 0.6 is 0 Å². The van der Waals surface area contributed by atoms with Gasteiger partial charge in [0.25, 0.3) is 0 Å². The molecule has 0 radical (unpaired) electrons. The molecule has 0 aliphatic rings. The minimum absolute atomic E-state index is 0.0634. The molecule has 6 heteroatoms. The summed E-state index contributed by atoms with van der Waals surface area (Å²) in [5.41, 5.74) is 7.00. The maximum atomic E-state index is 11.2. The van der Waals surface area contributed by atoms with Gasteiger partial charge >= 0.3 is 5.97 Å². The van der Waals surface area contributed by atoms with Gasteiger partial charge in [0.1, 0.15) is 11.5 Å². The molecular weight excluding hydrogens is 514 g/mol. The predicted molar refractivity (Wildman–Crippen MR) is 159 cm³/mol. The normalized spacial score (nSPS) is 11.0. The average Bonchev–Trinajstić information content (AvgIpc) is 3.38. The molecule has 0 unspecified atom stereocenters. The van der Waals surface area contributed by atoms with Gasteiger partial charge in [-0.1, -0.05) is 78.9 Å². The molecule has 1 aromatic heterocycles. The van der Waals surface area contributed by atoms with Crippen molar-refractivity contribution in [3.8, 4) is 28.3 Å². The summed E-state index contributed by atoms with van der Waals surface area (Å²) in [5.74, 6) is 1.25. The number of carboxylic acids is 1. The zero-order chi connectivity index (χ0) is 28.4. The molecule has 4 aromatic carbocycles. The largest absolute Gasteiger partial charge is 0.493 e. The third-order valence-corrected chi connectivity index (χ3v) is 6.87. The van der Waals surface area contributed by atoms with E-state index in [9.17, 15) is 4.79 Å². The first-order valence-corrected chi connectivity index (χ1v) is 13.8. The summed E-state index contributed by atoms with van der Waals surface area (Å²) in [6.07, 6.45) is 1.09. The van der Waals surface area contributed by atoms with Gasteiger partial charge in [-0.15, -0.1) is 0 Å². The van der Waals surface area contributed by atoms with Crippen LogP contribution in [0, 0.1) is 6.92 Å². The Kier molecular flexibility index (Phi) is 9.24. The topological polar surface area (TPSA) is 81.8 Å². The lowest BCUT2D eigenvalue weighted by molar-refractivity contribution is -0.136. The Morgan fingerprint density at radius 3 is 2.29 bits per heavy atom. The number of aryl methyl sites for hydroxylation is 2. The summed E-state index contributed by atoms with van der Waals surface area (Å²) in [6.45, 7) is 3.20. The Morgan fingerprint density at radius 2 is 1.51 bits per heavy atom. The lowest BCUT2D eigenvalue weighted by atomic mass is 10.0. The van der Waals surface area contributed by atoms with Crippen LogP contribution in [0.1, 0.15) is 34.6 Å². The molecule has 5 aromatic rings. The average molecular weight is 548 g/mol. The van der Waals surface area contributed by atoms with E-state index in [0.29, 0.717) is 44.3 Å². The van der Waals surface area contributed by atoms with Gasteiger partial charge in [0.15, 0.2) is 0 Å². The minimum Gasteiger partial charge on any atom is -0.493 e. The molecule has 41 heavy (non-hydrogen) atoms. The van der Waals surface area contributed by atoms with Gasteiger partial charge in [-0.25, -0.2) is 4.98 Å². The van der Waals surface area contributed by atoms with Gasteiger partial charge in [-0.3, -0.25) is 4.79 Å². The Bertz CT molecular complexity index is 1580. The fourth-order valence-corrected chi connectivity index (χ4v) is 4.68. The molecule has 0 bridgehead atoms. The second kappa shape index (κ2) is 13.6. The maximum absolute atomic E-state index is 11.2. The number of oxazole rings is 1. The lowest BCUT2D eigenvalue weighted by Gasteiger charge is -2.13. The van der Waals surface area contributed by atoms with Crippen molar-refractivity contribution in [2.45, 2.75) is 39.4 Å². The van der Waals surface area contributed by atoms with Crippen LogP contribution in [-0.4, -0.2) is 22.7 Å². The Hall–Kier alpha value is -4.68. The first-order valence-electron chi connectivity index (χ1n) is 13.8. The standard InChI is InChI=1S/C35H33NO5/c1-25-33(36-35(41-25)30-14-8-13-29(21-30)27-11-6-3-7-12-27)19-20-40-32-17-15-28(16-18-34(37)38)31(22-32)24-39-23-26-9-4-2-5-10-26/h2-15,17,21-22H,16,18-20,23-24H2,1H3,(H,37,38). The van der Waals surface area contributed by atoms with Crippen LogP contribution in [0.15, 0.2) is 108 Å². The Labute approximate surface area is 240 Å². The second-order valence-corrected chi connectivity index (χ2v) is 9.87. The first kappa shape index (κ1) is 27.9. The van der Waals surface area contributed by atoms with Crippen LogP contribution in [0.3, 0.4) is 0 Å². The van der Waals surface area contributed by atoms with Crippen LogP contribution in [0.4, 0.5) is 0 Å². The summed E-state index contributed by atoms with van der Waals surface area (Å²) in [5, 5.41) is 9.16. The predicted octanol–water partition coefficient (Wildman–Crippen LogP) is 7.67. The highest BCUT2D eigenvalue weighted by atomic mass is 16.5. The van der Waals surface area contributed by atoms with Gasteiger partial charge < -0.3 is 19.0 Å². The molecule has 6 nitrogen and oxygen atoms in total. The van der Waals surface area contributed by atoms with Crippen molar-refractivity contribution in [1.29, 1.82) is 0 Å². The Morgan fingerprint density at radius 1 is 0.780 bits per heavy atom. The SMILES string of the molecule is Cc1oc(-c2cccc(-c3ccccc3)c2)nc1CCOc1ccc(CCC(=O)O)c(COCc2ccccc2)c1. The highest BCUT2D eigenvalue weighted by Crippen LogP contribution is 2.28. The number of carbonyl (C=O) groups is 1. The summed E-state index contributed by atoms with van der Waals surface area (Å²) >= 11 is 0. The number of nitrogens with zero attached hydrogens (tertiary/aromatic N) is 1. The number of aromatic nitrogens is 1. The van der Waals surface area contributed by atoms with Crippen molar-refractivity contribution >= 4 is 5.97 Å². The third kappa shape index (κ3) is 7.71. The van der Waals surface area contributed by atoms with Gasteiger partial charge in [-0.2, -0.15) is 0 Å². The zero-order valence-electron chi connectivity index (χ0n) is 23.1. The van der Waals surface area contributed by atoms with E-state index in [-0.39, 0.29) is 6.42 Å². The molecule has 208 valence electrons. The van der Waals surface area contributed by atoms with Crippen molar-refractivity contribution < 1.29 is 23.8 Å². The number of rotatable bonds is 13. The fraction of sp³-hybridized carbons (Fsp3) is 0.200. The van der Waals surface area contributed by atoms with E-state index < -0.39 is 5.97 Å². The van der Waals surface area contributed by atoms with E-state index in [1.54, 1.807) is 0 Å². The second-order valence-electron chi connectivity index (χ2n) is 9.87. The number of carboxylic acid groups (broad SMARTS) is 1. The van der Waals surface area contributed by atoms with E-state index in [4.69, 9.17) is 24.0 Å². The molecule has 0 saturated heterocycles. The molecule has 1 heterocycles. The summed E-state index contributed by atoms with van der Waals surface area (Å²) in [4.78, 5) is 15.9. The van der Waals surface area contributed by atoms with E-state index in [1.165, 1.54) is 0 Å². The molecule has 0 aliphatic carbocycles. The highest BCUT2D eigenvalue weighted by Gasteiger charge is 2.13. The molecule has 5 rings (SSSR count). The van der Waals surface area contributed by atoms with Crippen LogP contribution in [0.2, 0.25) is 0 Å². The lowest BCUT2D eigenvalue weighted by Crippen LogP contribution is -2.06. The van der Waals surface area contributed by atoms with Crippen LogP contribution in [-0.2, 0) is 35.6 Å². The quantitative estimate of drug-likeness (QED) is 0.163. The van der Waals surface area contributed by atoms with Gasteiger partial charge in [-0.05, 0) is 65.4 Å². The van der Waals surface area contributed by atoms with Gasteiger partial charge in [0, 0.05) is 18.4 Å². The summed E-state index contributed by atoms with van der Waals surface area (Å²) < 4.78 is 18.1. The summed E-state index contributed by atoms with van der Waals surface area (Å²) in [7, 11) is 0. The van der Waals surface area contributed by atoms with Crippen molar-refractivity contribution in [1.82, 2.24) is 4.98 Å². The molecule has 0 atom stereocenters. The highest BCUT2D eigenvalue weighted by molar-refractivity contribution is 5.69. The number of aliphatic carboxylic acids is 1. The minimum atomic E-state index is -0.823. The monoisotopic (exact) mass is 547 g/mol. The molecule has 0 aliphatic heterocycles. The van der Waals surface area contributed by atoms with Crippen molar-refractivity contribution in [3.63, 3.8) is 0 Å². The van der Waals surface area contributed by atoms with E-state index in [2.05, 4.69) is 24.3 Å². The first-order chi connectivity index (χ1) is 20.0. The van der Waals surface area contributed by atoms with Gasteiger partial charge in [0.2, 0.25) is 5.89 Å². The Balaban J connectivity index is 1.22. The molecule has 0 fully saturated rings. The molecular formula is C35H33NO5. The molecule has 0 saturated carbocycles. The summed E-state index contributed by atoms with van der Waals surface area (Å²) in [6, 6.07) is 34.1. The van der Waals surface area contributed by atoms with E-state index >= 15 is 0 Å². The van der Waals surface area contributed by atoms with E-state index in [1.807, 2.05) is 85.8 Å². The fourth-order valence-electron chi connectivity index (χ4n) is 4.68. The number of ether oxygens (including phenoxy) is 2. The van der Waals surface area contributed by atoms with Gasteiger partial charge in [0.05, 0.1) is 25.5 Å². The smallest absolute Gasteiger partial charge is 0.303 e. The number of hydrogen-bond donors (Lipinski definition) is 1. The maximum Gasteiger partial charge on any atom is 0.303 e. The molecule has 1 N–H and O–H groups in total. The molecule has 0 spiro atoms. The van der Waals surface area contributed by atoms with Crippen molar-refractivity contribution in [2.24, 2.45) is 0 Å². The third-order valence-electron chi connectivity index (χ3n) is 6.87. The molecule has 0 amide bonds. The van der Waals surface area contributed by atoms with Crippen molar-refractivity contribution in [3.05, 3.63) is 131 Å².